The molecule has 1 aliphatic carbocycles. The third-order valence-electron chi connectivity index (χ3n) is 4.58. The van der Waals surface area contributed by atoms with Gasteiger partial charge in [0.2, 0.25) is 0 Å². The molecule has 3 unspecified atom stereocenters. The molecule has 0 radical (unpaired) electrons. The van der Waals surface area contributed by atoms with Gasteiger partial charge in [-0.1, -0.05) is 6.07 Å². The molecule has 0 saturated carbocycles. The molecule has 0 spiro atoms. The Balaban J connectivity index is 1.62. The normalized spacial score (nSPS) is 29.0. The maximum atomic E-state index is 6.41. The summed E-state index contributed by atoms with van der Waals surface area (Å²) in [6.45, 7) is 1.53. The second kappa shape index (κ2) is 6.77. The van der Waals surface area contributed by atoms with E-state index in [9.17, 15) is 0 Å². The lowest BCUT2D eigenvalue weighted by Crippen LogP contribution is -2.36. The van der Waals surface area contributed by atoms with E-state index < -0.39 is 0 Å². The predicted octanol–water partition coefficient (Wildman–Crippen LogP) is 2.60. The van der Waals surface area contributed by atoms with E-state index in [0.29, 0.717) is 6.61 Å². The van der Waals surface area contributed by atoms with E-state index in [1.165, 1.54) is 18.4 Å². The summed E-state index contributed by atoms with van der Waals surface area (Å²) in [6, 6.07) is 6.09. The van der Waals surface area contributed by atoms with Crippen LogP contribution in [-0.2, 0) is 15.9 Å². The number of fused-ring (bicyclic) bond motifs is 1. The van der Waals surface area contributed by atoms with Crippen molar-refractivity contribution in [3.8, 4) is 5.75 Å². The quantitative estimate of drug-likeness (QED) is 0.926. The molecule has 3 atom stereocenters. The van der Waals surface area contributed by atoms with E-state index in [2.05, 4.69) is 6.07 Å². The van der Waals surface area contributed by atoms with Gasteiger partial charge in [-0.3, -0.25) is 0 Å². The highest BCUT2D eigenvalue weighted by molar-refractivity contribution is 5.39. The first-order valence-electron chi connectivity index (χ1n) is 7.93. The Labute approximate surface area is 126 Å². The molecule has 0 bridgehead atoms. The molecule has 1 fully saturated rings. The Bertz CT molecular complexity index is 471. The Morgan fingerprint density at radius 1 is 1.29 bits per heavy atom. The molecule has 1 heterocycles. The van der Waals surface area contributed by atoms with Crippen molar-refractivity contribution in [2.45, 2.75) is 50.4 Å². The molecule has 1 saturated heterocycles. The summed E-state index contributed by atoms with van der Waals surface area (Å²) in [6.07, 6.45) is 5.84. The van der Waals surface area contributed by atoms with Gasteiger partial charge < -0.3 is 19.9 Å². The van der Waals surface area contributed by atoms with Gasteiger partial charge in [-0.25, -0.2) is 0 Å². The summed E-state index contributed by atoms with van der Waals surface area (Å²) in [7, 11) is 1.68. The summed E-state index contributed by atoms with van der Waals surface area (Å²) < 4.78 is 17.1. The van der Waals surface area contributed by atoms with E-state index in [1.807, 2.05) is 12.1 Å². The lowest BCUT2D eigenvalue weighted by atomic mass is 9.86. The molecule has 1 aromatic rings. The fourth-order valence-electron chi connectivity index (χ4n) is 3.27. The Hall–Kier alpha value is -1.10. The van der Waals surface area contributed by atoms with Crippen LogP contribution in [0.1, 0.15) is 42.9 Å². The van der Waals surface area contributed by atoms with Crippen LogP contribution < -0.4 is 10.5 Å². The topological polar surface area (TPSA) is 53.7 Å². The van der Waals surface area contributed by atoms with Crippen molar-refractivity contribution >= 4 is 0 Å². The molecule has 1 aliphatic heterocycles. The maximum absolute atomic E-state index is 6.41. The van der Waals surface area contributed by atoms with E-state index in [-0.39, 0.29) is 18.2 Å². The molecule has 0 amide bonds. The summed E-state index contributed by atoms with van der Waals surface area (Å²) >= 11 is 0. The Kier molecular flexibility index (Phi) is 4.78. The van der Waals surface area contributed by atoms with Gasteiger partial charge in [-0.05, 0) is 55.4 Å². The van der Waals surface area contributed by atoms with Gasteiger partial charge in [0.25, 0.3) is 0 Å². The van der Waals surface area contributed by atoms with Crippen molar-refractivity contribution in [1.82, 2.24) is 0 Å². The highest BCUT2D eigenvalue weighted by atomic mass is 16.5. The molecular weight excluding hydrogens is 266 g/mol. The number of rotatable bonds is 4. The second-order valence-corrected chi connectivity index (χ2v) is 5.99. The van der Waals surface area contributed by atoms with Gasteiger partial charge in [-0.2, -0.15) is 0 Å². The zero-order chi connectivity index (χ0) is 14.7. The monoisotopic (exact) mass is 291 g/mol. The summed E-state index contributed by atoms with van der Waals surface area (Å²) in [4.78, 5) is 0. The molecule has 21 heavy (non-hydrogen) atoms. The third-order valence-corrected chi connectivity index (χ3v) is 4.58. The average Bonchev–Trinajstić information content (AvgIpc) is 2.55. The number of hydrogen-bond acceptors (Lipinski definition) is 4. The minimum atomic E-state index is -0.0764. The van der Waals surface area contributed by atoms with Crippen LogP contribution in [0.2, 0.25) is 0 Å². The molecule has 2 aliphatic rings. The van der Waals surface area contributed by atoms with Crippen LogP contribution in [0, 0.1) is 0 Å². The van der Waals surface area contributed by atoms with Crippen LogP contribution in [0.4, 0.5) is 0 Å². The first-order valence-corrected chi connectivity index (χ1v) is 7.93. The molecule has 3 rings (SSSR count). The van der Waals surface area contributed by atoms with E-state index in [1.54, 1.807) is 7.11 Å². The van der Waals surface area contributed by atoms with Crippen LogP contribution in [0.3, 0.4) is 0 Å². The molecule has 2 N–H and O–H groups in total. The zero-order valence-electron chi connectivity index (χ0n) is 12.7. The lowest BCUT2D eigenvalue weighted by molar-refractivity contribution is -0.0714. The van der Waals surface area contributed by atoms with Gasteiger partial charge in [-0.15, -0.1) is 0 Å². The third kappa shape index (κ3) is 3.39. The highest BCUT2D eigenvalue weighted by Gasteiger charge is 2.28. The van der Waals surface area contributed by atoms with Gasteiger partial charge >= 0.3 is 0 Å². The average molecular weight is 291 g/mol. The van der Waals surface area contributed by atoms with E-state index in [4.69, 9.17) is 19.9 Å². The molecule has 1 aromatic carbocycles. The molecular formula is C17H25NO3. The predicted molar refractivity (Wildman–Crippen MR) is 81.6 cm³/mol. The van der Waals surface area contributed by atoms with Gasteiger partial charge in [0, 0.05) is 6.61 Å². The smallest absolute Gasteiger partial charge is 0.119 e. The van der Waals surface area contributed by atoms with Crippen LogP contribution in [0.5, 0.6) is 5.75 Å². The van der Waals surface area contributed by atoms with Crippen LogP contribution in [-0.4, -0.2) is 32.5 Å². The molecule has 4 heteroatoms. The van der Waals surface area contributed by atoms with Crippen molar-refractivity contribution in [3.63, 3.8) is 0 Å². The van der Waals surface area contributed by atoms with Crippen molar-refractivity contribution in [2.24, 2.45) is 5.73 Å². The van der Waals surface area contributed by atoms with E-state index in [0.717, 1.165) is 37.2 Å². The Morgan fingerprint density at radius 3 is 2.95 bits per heavy atom. The Morgan fingerprint density at radius 2 is 2.19 bits per heavy atom. The fourth-order valence-corrected chi connectivity index (χ4v) is 3.27. The summed E-state index contributed by atoms with van der Waals surface area (Å²) in [5.74, 6) is 0.862. The summed E-state index contributed by atoms with van der Waals surface area (Å²) in [5, 5.41) is 0. The van der Waals surface area contributed by atoms with Crippen molar-refractivity contribution < 1.29 is 14.2 Å². The number of methoxy groups -OCH3 is 1. The lowest BCUT2D eigenvalue weighted by Gasteiger charge is -2.33. The fraction of sp³-hybridized carbons (Fsp3) is 0.647. The van der Waals surface area contributed by atoms with E-state index >= 15 is 0 Å². The molecule has 116 valence electrons. The second-order valence-electron chi connectivity index (χ2n) is 5.99. The zero-order valence-corrected chi connectivity index (χ0v) is 12.7. The number of ether oxygens (including phenoxy) is 3. The molecule has 0 aromatic heterocycles. The van der Waals surface area contributed by atoms with Crippen molar-refractivity contribution in [1.29, 1.82) is 0 Å². The van der Waals surface area contributed by atoms with Gasteiger partial charge in [0.1, 0.15) is 5.75 Å². The van der Waals surface area contributed by atoms with Crippen LogP contribution in [0.15, 0.2) is 18.2 Å². The summed E-state index contributed by atoms with van der Waals surface area (Å²) in [5.41, 5.74) is 8.89. The van der Waals surface area contributed by atoms with Crippen molar-refractivity contribution in [2.75, 3.05) is 20.3 Å². The minimum Gasteiger partial charge on any atom is -0.497 e. The number of hydrogen-bond donors (Lipinski definition) is 1. The van der Waals surface area contributed by atoms with Gasteiger partial charge in [0.15, 0.2) is 0 Å². The van der Waals surface area contributed by atoms with Crippen LogP contribution in [0.25, 0.3) is 0 Å². The standard InChI is InChI=1S/C17H25NO3/c1-19-13-7-5-12-6-8-16(17(18)15(12)10-13)21-11-14-4-2-3-9-20-14/h5,7,10,14,16-17H,2-4,6,8-9,11,18H2,1H3. The van der Waals surface area contributed by atoms with Gasteiger partial charge in [0.05, 0.1) is 32.0 Å². The van der Waals surface area contributed by atoms with Crippen LogP contribution >= 0.6 is 0 Å². The highest BCUT2D eigenvalue weighted by Crippen LogP contribution is 2.33. The largest absolute Gasteiger partial charge is 0.497 e. The maximum Gasteiger partial charge on any atom is 0.119 e. The number of nitrogens with two attached hydrogens (primary N) is 1. The first-order chi connectivity index (χ1) is 10.3. The number of benzene rings is 1. The minimum absolute atomic E-state index is 0.0764. The van der Waals surface area contributed by atoms with Crippen molar-refractivity contribution in [3.05, 3.63) is 29.3 Å². The first kappa shape index (κ1) is 14.8. The number of aryl methyl sites for hydroxylation is 1. The SMILES string of the molecule is COc1ccc2c(c1)C(N)C(OCC1CCCCO1)CC2. The molecule has 4 nitrogen and oxygen atoms in total.